The van der Waals surface area contributed by atoms with E-state index in [1.807, 2.05) is 25.3 Å². The summed E-state index contributed by atoms with van der Waals surface area (Å²) in [6.45, 7) is 8.01. The molecule has 0 aromatic carbocycles. The van der Waals surface area contributed by atoms with Gasteiger partial charge in [-0.3, -0.25) is 4.79 Å². The fourth-order valence-corrected chi connectivity index (χ4v) is 2.63. The Hall–Kier alpha value is -0.390. The van der Waals surface area contributed by atoms with Crippen LogP contribution in [-0.4, -0.2) is 16.6 Å². The minimum Gasteiger partial charge on any atom is -0.481 e. The van der Waals surface area contributed by atoms with E-state index in [0.717, 1.165) is 4.47 Å². The van der Waals surface area contributed by atoms with Crippen LogP contribution in [0, 0.1) is 5.41 Å². The first-order valence-corrected chi connectivity index (χ1v) is 7.05. The molecule has 1 rings (SSSR count). The maximum absolute atomic E-state index is 11.2. The Bertz CT molecular complexity index is 412. The lowest BCUT2D eigenvalue weighted by molar-refractivity contribution is -0.151. The lowest BCUT2D eigenvalue weighted by atomic mass is 9.74. The van der Waals surface area contributed by atoms with Gasteiger partial charge in [-0.05, 0) is 49.7 Å². The molecule has 2 N–H and O–H groups in total. The summed E-state index contributed by atoms with van der Waals surface area (Å²) in [5.41, 5.74) is -1.29. The number of hydrogen-bond donors (Lipinski definition) is 2. The minimum absolute atomic E-state index is 0.477. The van der Waals surface area contributed by atoms with E-state index < -0.39 is 16.9 Å². The summed E-state index contributed by atoms with van der Waals surface area (Å²) in [5.74, 6) is -0.789. The van der Waals surface area contributed by atoms with Crippen molar-refractivity contribution in [1.82, 2.24) is 5.32 Å². The van der Waals surface area contributed by atoms with Crippen molar-refractivity contribution in [3.05, 3.63) is 20.8 Å². The van der Waals surface area contributed by atoms with Crippen LogP contribution in [0.25, 0.3) is 0 Å². The smallest absolute Gasteiger partial charge is 0.310 e. The molecule has 0 spiro atoms. The average Bonchev–Trinajstić information content (AvgIpc) is 2.61. The molecule has 0 aliphatic heterocycles. The number of aliphatic carboxylic acids is 1. The van der Waals surface area contributed by atoms with Crippen LogP contribution in [0.5, 0.6) is 0 Å². The molecule has 0 saturated carbocycles. The van der Waals surface area contributed by atoms with Crippen LogP contribution in [0.4, 0.5) is 0 Å². The molecule has 0 radical (unpaired) electrons. The molecule has 0 bridgehead atoms. The van der Waals surface area contributed by atoms with E-state index in [1.54, 1.807) is 25.2 Å². The van der Waals surface area contributed by atoms with Crippen molar-refractivity contribution in [2.75, 3.05) is 0 Å². The van der Waals surface area contributed by atoms with E-state index in [0.29, 0.717) is 6.54 Å². The summed E-state index contributed by atoms with van der Waals surface area (Å²) >= 11 is 5.06. The number of thiophene rings is 1. The van der Waals surface area contributed by atoms with Gasteiger partial charge < -0.3 is 10.4 Å². The number of carboxylic acids is 1. The van der Waals surface area contributed by atoms with Crippen molar-refractivity contribution in [2.24, 2.45) is 5.41 Å². The SMILES string of the molecule is CC(C)(NCc1cc(Br)cs1)C(C)(C)C(=O)O. The Labute approximate surface area is 114 Å². The zero-order valence-corrected chi connectivity index (χ0v) is 12.9. The van der Waals surface area contributed by atoms with Gasteiger partial charge in [0.25, 0.3) is 0 Å². The molecule has 1 heterocycles. The zero-order valence-electron chi connectivity index (χ0n) is 10.5. The quantitative estimate of drug-likeness (QED) is 0.873. The number of carboxylic acid groups (broad SMARTS) is 1. The van der Waals surface area contributed by atoms with Crippen LogP contribution in [-0.2, 0) is 11.3 Å². The highest BCUT2D eigenvalue weighted by Crippen LogP contribution is 2.31. The Morgan fingerprint density at radius 1 is 1.47 bits per heavy atom. The average molecular weight is 320 g/mol. The highest BCUT2D eigenvalue weighted by atomic mass is 79.9. The maximum atomic E-state index is 11.2. The molecule has 0 unspecified atom stereocenters. The second kappa shape index (κ2) is 5.08. The summed E-state index contributed by atoms with van der Waals surface area (Å²) in [4.78, 5) is 12.4. The summed E-state index contributed by atoms with van der Waals surface area (Å²) in [6.07, 6.45) is 0. The fourth-order valence-electron chi connectivity index (χ4n) is 1.24. The van der Waals surface area contributed by atoms with Gasteiger partial charge in [0, 0.05) is 26.8 Å². The van der Waals surface area contributed by atoms with Crippen molar-refractivity contribution >= 4 is 33.2 Å². The van der Waals surface area contributed by atoms with E-state index in [4.69, 9.17) is 0 Å². The minimum atomic E-state index is -0.818. The van der Waals surface area contributed by atoms with Gasteiger partial charge in [-0.25, -0.2) is 0 Å². The summed E-state index contributed by atoms with van der Waals surface area (Å²) in [6, 6.07) is 2.04. The Morgan fingerprint density at radius 3 is 2.47 bits per heavy atom. The van der Waals surface area contributed by atoms with Gasteiger partial charge in [-0.2, -0.15) is 0 Å². The van der Waals surface area contributed by atoms with Gasteiger partial charge in [-0.15, -0.1) is 11.3 Å². The second-order valence-corrected chi connectivity index (χ2v) is 7.05. The molecular weight excluding hydrogens is 302 g/mol. The molecule has 0 amide bonds. The van der Waals surface area contributed by atoms with Crippen LogP contribution in [0.1, 0.15) is 32.6 Å². The van der Waals surface area contributed by atoms with Gasteiger partial charge in [0.2, 0.25) is 0 Å². The number of hydrogen-bond acceptors (Lipinski definition) is 3. The zero-order chi connectivity index (χ0) is 13.3. The van der Waals surface area contributed by atoms with Gasteiger partial charge in [0.15, 0.2) is 0 Å². The molecule has 3 nitrogen and oxygen atoms in total. The molecule has 96 valence electrons. The van der Waals surface area contributed by atoms with Gasteiger partial charge in [-0.1, -0.05) is 0 Å². The Balaban J connectivity index is 2.70. The van der Waals surface area contributed by atoms with Crippen molar-refractivity contribution in [1.29, 1.82) is 0 Å². The molecule has 17 heavy (non-hydrogen) atoms. The first-order chi connectivity index (χ1) is 7.67. The van der Waals surface area contributed by atoms with Crippen molar-refractivity contribution < 1.29 is 9.90 Å². The molecular formula is C12H18BrNO2S. The number of nitrogens with one attached hydrogen (secondary N) is 1. The number of carbonyl (C=O) groups is 1. The van der Waals surface area contributed by atoms with Crippen molar-refractivity contribution in [3.63, 3.8) is 0 Å². The largest absolute Gasteiger partial charge is 0.481 e. The predicted molar refractivity (Wildman–Crippen MR) is 74.4 cm³/mol. The highest BCUT2D eigenvalue weighted by molar-refractivity contribution is 9.10. The van der Waals surface area contributed by atoms with Gasteiger partial charge in [0.1, 0.15) is 0 Å². The van der Waals surface area contributed by atoms with E-state index >= 15 is 0 Å². The predicted octanol–water partition coefficient (Wildman–Crippen LogP) is 3.49. The summed E-state index contributed by atoms with van der Waals surface area (Å²) < 4.78 is 1.06. The van der Waals surface area contributed by atoms with Crippen molar-refractivity contribution in [3.8, 4) is 0 Å². The highest BCUT2D eigenvalue weighted by Gasteiger charge is 2.42. The monoisotopic (exact) mass is 319 g/mol. The normalized spacial score (nSPS) is 12.8. The third-order valence-electron chi connectivity index (χ3n) is 3.42. The van der Waals surface area contributed by atoms with E-state index in [2.05, 4.69) is 21.2 Å². The third kappa shape index (κ3) is 3.30. The summed E-state index contributed by atoms with van der Waals surface area (Å²) in [7, 11) is 0. The van der Waals surface area contributed by atoms with Crippen molar-refractivity contribution in [2.45, 2.75) is 39.8 Å². The molecule has 0 saturated heterocycles. The topological polar surface area (TPSA) is 49.3 Å². The van der Waals surface area contributed by atoms with Gasteiger partial charge in [0.05, 0.1) is 5.41 Å². The maximum Gasteiger partial charge on any atom is 0.310 e. The van der Waals surface area contributed by atoms with E-state index in [9.17, 15) is 9.90 Å². The van der Waals surface area contributed by atoms with Crippen LogP contribution in [0.2, 0.25) is 0 Å². The molecule has 0 atom stereocenters. The van der Waals surface area contributed by atoms with E-state index in [-0.39, 0.29) is 0 Å². The second-order valence-electron chi connectivity index (χ2n) is 5.14. The fraction of sp³-hybridized carbons (Fsp3) is 0.583. The first kappa shape index (κ1) is 14.7. The van der Waals surface area contributed by atoms with Gasteiger partial charge >= 0.3 is 5.97 Å². The first-order valence-electron chi connectivity index (χ1n) is 5.38. The van der Waals surface area contributed by atoms with Crippen LogP contribution in [0.15, 0.2) is 15.9 Å². The van der Waals surface area contributed by atoms with Crippen LogP contribution < -0.4 is 5.32 Å². The van der Waals surface area contributed by atoms with Crippen LogP contribution in [0.3, 0.4) is 0 Å². The molecule has 0 aliphatic rings. The summed E-state index contributed by atoms with van der Waals surface area (Å²) in [5, 5.41) is 14.6. The standard InChI is InChI=1S/C12H18BrNO2S/c1-11(2,10(15)16)12(3,4)14-6-9-5-8(13)7-17-9/h5,7,14H,6H2,1-4H3,(H,15,16). The Kier molecular flexibility index (Phi) is 4.38. The lowest BCUT2D eigenvalue weighted by Gasteiger charge is -2.39. The molecule has 5 heteroatoms. The number of halogens is 1. The molecule has 0 fully saturated rings. The molecule has 0 aliphatic carbocycles. The molecule has 1 aromatic heterocycles. The number of rotatable bonds is 5. The van der Waals surface area contributed by atoms with E-state index in [1.165, 1.54) is 4.88 Å². The third-order valence-corrected chi connectivity index (χ3v) is 5.12. The van der Waals surface area contributed by atoms with Crippen LogP contribution >= 0.6 is 27.3 Å². The molecule has 1 aromatic rings. The lowest BCUT2D eigenvalue weighted by Crippen LogP contribution is -2.54. The Morgan fingerprint density at radius 2 is 2.06 bits per heavy atom.